The van der Waals surface area contributed by atoms with Gasteiger partial charge in [0, 0.05) is 45.5 Å². The third kappa shape index (κ3) is 5.19. The lowest BCUT2D eigenvalue weighted by molar-refractivity contribution is -0.139. The molecular weight excluding hydrogens is 330 g/mol. The van der Waals surface area contributed by atoms with Crippen LogP contribution in [0.15, 0.2) is 30.3 Å². The molecule has 0 aliphatic carbocycles. The summed E-state index contributed by atoms with van der Waals surface area (Å²) < 4.78 is 11.6. The zero-order valence-corrected chi connectivity index (χ0v) is 15.9. The van der Waals surface area contributed by atoms with Crippen LogP contribution in [0.5, 0.6) is 0 Å². The zero-order chi connectivity index (χ0) is 18.4. The number of anilines is 1. The van der Waals surface area contributed by atoms with E-state index in [4.69, 9.17) is 9.47 Å². The van der Waals surface area contributed by atoms with Gasteiger partial charge in [-0.1, -0.05) is 18.2 Å². The average Bonchev–Trinajstić information content (AvgIpc) is 2.68. The molecule has 2 atom stereocenters. The number of rotatable bonds is 6. The highest BCUT2D eigenvalue weighted by molar-refractivity contribution is 5.76. The number of nitrogens with zero attached hydrogens (tertiary/aromatic N) is 2. The minimum atomic E-state index is 0.00594. The molecule has 3 rings (SSSR count). The fraction of sp³-hybridized carbons (Fsp3) is 0.650. The van der Waals surface area contributed by atoms with Gasteiger partial charge in [-0.2, -0.15) is 0 Å². The number of carbonyl (C=O) groups excluding carboxylic acids is 1. The van der Waals surface area contributed by atoms with Crippen LogP contribution in [-0.2, 0) is 14.3 Å². The first-order chi connectivity index (χ1) is 12.6. The van der Waals surface area contributed by atoms with E-state index in [1.54, 1.807) is 19.0 Å². The normalized spacial score (nSPS) is 24.5. The Labute approximate surface area is 156 Å². The minimum absolute atomic E-state index is 0.00594. The summed E-state index contributed by atoms with van der Waals surface area (Å²) in [5.41, 5.74) is 1.30. The number of piperidine rings is 1. The number of ether oxygens (including phenoxy) is 2. The fourth-order valence-electron chi connectivity index (χ4n) is 3.63. The Hall–Kier alpha value is -1.63. The molecule has 0 radical (unpaired) electrons. The van der Waals surface area contributed by atoms with Crippen LogP contribution < -0.4 is 10.2 Å². The predicted octanol–water partition coefficient (Wildman–Crippen LogP) is 1.51. The molecule has 2 aliphatic heterocycles. The van der Waals surface area contributed by atoms with Crippen molar-refractivity contribution >= 4 is 11.6 Å². The molecule has 0 unspecified atom stereocenters. The van der Waals surface area contributed by atoms with Gasteiger partial charge in [-0.15, -0.1) is 0 Å². The van der Waals surface area contributed by atoms with Gasteiger partial charge in [0.15, 0.2) is 0 Å². The molecule has 6 nitrogen and oxygen atoms in total. The van der Waals surface area contributed by atoms with Gasteiger partial charge in [0.1, 0.15) is 6.61 Å². The molecule has 0 saturated carbocycles. The first kappa shape index (κ1) is 19.1. The predicted molar refractivity (Wildman–Crippen MR) is 102 cm³/mol. The van der Waals surface area contributed by atoms with Crippen molar-refractivity contribution in [2.24, 2.45) is 0 Å². The van der Waals surface area contributed by atoms with Gasteiger partial charge in [0.2, 0.25) is 5.91 Å². The maximum absolute atomic E-state index is 11.8. The van der Waals surface area contributed by atoms with E-state index < -0.39 is 0 Å². The monoisotopic (exact) mass is 361 g/mol. The molecule has 1 N–H and O–H groups in total. The Balaban J connectivity index is 1.47. The standard InChI is InChI=1S/C20H31N3O3/c1-22(2)20(24)15-26-19-10-13-25-14-18(19)21-16-8-11-23(12-9-16)17-6-4-3-5-7-17/h3-7,16,18-19,21H,8-15H2,1-2H3/t18-,19+/m0/s1. The van der Waals surface area contributed by atoms with E-state index in [0.29, 0.717) is 19.3 Å². The van der Waals surface area contributed by atoms with Gasteiger partial charge >= 0.3 is 0 Å². The van der Waals surface area contributed by atoms with Crippen molar-refractivity contribution < 1.29 is 14.3 Å². The maximum Gasteiger partial charge on any atom is 0.248 e. The molecular formula is C20H31N3O3. The first-order valence-electron chi connectivity index (χ1n) is 9.59. The molecule has 144 valence electrons. The fourth-order valence-corrected chi connectivity index (χ4v) is 3.63. The highest BCUT2D eigenvalue weighted by atomic mass is 16.5. The molecule has 0 spiro atoms. The topological polar surface area (TPSA) is 54.0 Å². The van der Waals surface area contributed by atoms with E-state index in [2.05, 4.69) is 40.5 Å². The summed E-state index contributed by atoms with van der Waals surface area (Å²) in [5.74, 6) is 0.00594. The van der Waals surface area contributed by atoms with Crippen LogP contribution in [0.25, 0.3) is 0 Å². The lowest BCUT2D eigenvalue weighted by Crippen LogP contribution is -2.54. The average molecular weight is 361 g/mol. The van der Waals surface area contributed by atoms with E-state index in [-0.39, 0.29) is 24.7 Å². The quantitative estimate of drug-likeness (QED) is 0.832. The highest BCUT2D eigenvalue weighted by Gasteiger charge is 2.30. The molecule has 2 saturated heterocycles. The van der Waals surface area contributed by atoms with Gasteiger partial charge in [-0.25, -0.2) is 0 Å². The first-order valence-corrected chi connectivity index (χ1v) is 9.59. The molecule has 2 heterocycles. The Kier molecular flexibility index (Phi) is 6.88. The van der Waals surface area contributed by atoms with Gasteiger partial charge in [-0.3, -0.25) is 4.79 Å². The van der Waals surface area contributed by atoms with Gasteiger partial charge in [0.25, 0.3) is 0 Å². The van der Waals surface area contributed by atoms with Crippen LogP contribution in [-0.4, -0.2) is 76.0 Å². The van der Waals surface area contributed by atoms with Crippen LogP contribution in [0.1, 0.15) is 19.3 Å². The molecule has 1 aromatic rings. The molecule has 0 bridgehead atoms. The Morgan fingerprint density at radius 3 is 2.65 bits per heavy atom. The second kappa shape index (κ2) is 9.35. The van der Waals surface area contributed by atoms with Crippen molar-refractivity contribution in [3.05, 3.63) is 30.3 Å². The number of para-hydroxylation sites is 1. The van der Waals surface area contributed by atoms with E-state index in [1.165, 1.54) is 5.69 Å². The van der Waals surface area contributed by atoms with Crippen LogP contribution in [0.3, 0.4) is 0 Å². The summed E-state index contributed by atoms with van der Waals surface area (Å²) in [5, 5.41) is 3.73. The summed E-state index contributed by atoms with van der Waals surface area (Å²) in [7, 11) is 3.51. The third-order valence-corrected chi connectivity index (χ3v) is 5.28. The summed E-state index contributed by atoms with van der Waals surface area (Å²) >= 11 is 0. The Bertz CT molecular complexity index is 559. The number of carbonyl (C=O) groups is 1. The van der Waals surface area contributed by atoms with Crippen molar-refractivity contribution in [3.63, 3.8) is 0 Å². The van der Waals surface area contributed by atoms with Gasteiger partial charge in [0.05, 0.1) is 18.8 Å². The third-order valence-electron chi connectivity index (χ3n) is 5.28. The Morgan fingerprint density at radius 2 is 1.96 bits per heavy atom. The molecule has 2 aliphatic rings. The van der Waals surface area contributed by atoms with Crippen molar-refractivity contribution in [2.75, 3.05) is 51.9 Å². The number of hydrogen-bond donors (Lipinski definition) is 1. The lowest BCUT2D eigenvalue weighted by atomic mass is 10.00. The van der Waals surface area contributed by atoms with Gasteiger partial charge in [-0.05, 0) is 31.4 Å². The molecule has 26 heavy (non-hydrogen) atoms. The summed E-state index contributed by atoms with van der Waals surface area (Å²) in [6, 6.07) is 11.2. The van der Waals surface area contributed by atoms with E-state index >= 15 is 0 Å². The highest BCUT2D eigenvalue weighted by Crippen LogP contribution is 2.21. The SMILES string of the molecule is CN(C)C(=O)CO[C@@H]1CCOC[C@@H]1NC1CCN(c2ccccc2)CC1. The molecule has 0 aromatic heterocycles. The van der Waals surface area contributed by atoms with Gasteiger partial charge < -0.3 is 24.6 Å². The zero-order valence-electron chi connectivity index (χ0n) is 15.9. The van der Waals surface area contributed by atoms with E-state index in [9.17, 15) is 4.79 Å². The summed E-state index contributed by atoms with van der Waals surface area (Å²) in [6.07, 6.45) is 3.09. The second-order valence-electron chi connectivity index (χ2n) is 7.37. The van der Waals surface area contributed by atoms with Crippen molar-refractivity contribution in [1.82, 2.24) is 10.2 Å². The van der Waals surface area contributed by atoms with E-state index in [0.717, 1.165) is 32.4 Å². The number of likely N-dealkylation sites (N-methyl/N-ethyl adjacent to an activating group) is 1. The smallest absolute Gasteiger partial charge is 0.248 e. The largest absolute Gasteiger partial charge is 0.380 e. The van der Waals surface area contributed by atoms with Crippen molar-refractivity contribution in [2.45, 2.75) is 37.5 Å². The summed E-state index contributed by atoms with van der Waals surface area (Å²) in [6.45, 7) is 3.60. The van der Waals surface area contributed by atoms with Crippen LogP contribution in [0.4, 0.5) is 5.69 Å². The van der Waals surface area contributed by atoms with E-state index in [1.807, 2.05) is 0 Å². The minimum Gasteiger partial charge on any atom is -0.380 e. The Morgan fingerprint density at radius 1 is 1.23 bits per heavy atom. The van der Waals surface area contributed by atoms with Crippen LogP contribution >= 0.6 is 0 Å². The molecule has 1 aromatic carbocycles. The number of nitrogens with one attached hydrogen (secondary N) is 1. The molecule has 6 heteroatoms. The number of benzene rings is 1. The second-order valence-corrected chi connectivity index (χ2v) is 7.37. The van der Waals surface area contributed by atoms with Crippen molar-refractivity contribution in [3.8, 4) is 0 Å². The molecule has 1 amide bonds. The van der Waals surface area contributed by atoms with Crippen LogP contribution in [0, 0.1) is 0 Å². The number of hydrogen-bond acceptors (Lipinski definition) is 5. The number of amides is 1. The maximum atomic E-state index is 11.8. The van der Waals surface area contributed by atoms with Crippen molar-refractivity contribution in [1.29, 1.82) is 0 Å². The van der Waals surface area contributed by atoms with Crippen LogP contribution in [0.2, 0.25) is 0 Å². The molecule has 2 fully saturated rings. The lowest BCUT2D eigenvalue weighted by Gasteiger charge is -2.39. The summed E-state index contributed by atoms with van der Waals surface area (Å²) in [4.78, 5) is 15.8.